The third-order valence-electron chi connectivity index (χ3n) is 15.0. The summed E-state index contributed by atoms with van der Waals surface area (Å²) in [6.45, 7) is 19.0. The topological polar surface area (TPSA) is 698 Å². The molecule has 13 N–H and O–H groups in total. The van der Waals surface area contributed by atoms with Gasteiger partial charge in [0.1, 0.15) is 41.7 Å². The molecule has 0 aromatic carbocycles. The Morgan fingerprint density at radius 1 is 0.579 bits per heavy atom. The number of carbonyl (C=O) groups is 4. The Morgan fingerprint density at radius 2 is 0.947 bits per heavy atom. The average molecular weight is 2090 g/mol. The first kappa shape index (κ1) is 121. The number of nitrogen functional groups attached to an aromatic ring is 1. The molecule has 133 heavy (non-hydrogen) atoms. The van der Waals surface area contributed by atoms with Gasteiger partial charge in [0.05, 0.1) is 113 Å². The summed E-state index contributed by atoms with van der Waals surface area (Å²) < 4.78 is 52.4. The summed E-state index contributed by atoms with van der Waals surface area (Å²) >= 11 is 43.8. The predicted molar refractivity (Wildman–Crippen MR) is 506 cm³/mol. The van der Waals surface area contributed by atoms with Gasteiger partial charge in [-0.2, -0.15) is 18.4 Å². The van der Waals surface area contributed by atoms with E-state index in [9.17, 15) is 72.5 Å². The summed E-state index contributed by atoms with van der Waals surface area (Å²) in [7, 11) is -2.28. The van der Waals surface area contributed by atoms with Gasteiger partial charge in [-0.25, -0.2) is 64.0 Å². The SMILES string of the molecule is C.C/C=C/C=O.C1COCCN1.CC(=O)O.CC(=O)OCc1ccc2[nH]c(=O)[nH]c(=O)c2n1.CC(=O)OCc1ccc2nc(Cl)nc(Cl)c2n1.CCc1ccc2nc(Cl)nc(N3CCOCC3)c2n1.Cc1ccc2[nH]c(=O)[nH]c(=O)c2n1.Cl.Nc1c[nH]c(=O)[nH]c1=O.O=P(Cl)(Cl)Cl.O=S(=O)=S.O=c1[nH]cc([N+](=O)[O-])c(=O)[nH]1.OCc1ccc2nc(Cl)nc(N3CCOCC3)c2n1.[Na][Na]. The second-order valence-electron chi connectivity index (χ2n) is 24.4. The van der Waals surface area contributed by atoms with Crippen LogP contribution in [-0.4, -0.2) is 265 Å². The molecular formula is C72H83Cl8N24Na2O24PS2. The van der Waals surface area contributed by atoms with Gasteiger partial charge in [-0.1, -0.05) is 32.0 Å². The molecule has 12 aromatic rings. The maximum atomic E-state index is 11.4. The van der Waals surface area contributed by atoms with Gasteiger partial charge in [0.25, 0.3) is 31.9 Å². The molecule has 0 saturated carbocycles. The number of ether oxygens (including phenoxy) is 5. The van der Waals surface area contributed by atoms with Gasteiger partial charge >= 0.3 is 94.8 Å². The van der Waals surface area contributed by atoms with Crippen molar-refractivity contribution >= 4 is 264 Å². The summed E-state index contributed by atoms with van der Waals surface area (Å²) in [4.78, 5) is 202. The van der Waals surface area contributed by atoms with E-state index in [0.29, 0.717) is 82.4 Å². The molecule has 3 saturated heterocycles. The van der Waals surface area contributed by atoms with Crippen molar-refractivity contribution in [2.45, 2.75) is 75.2 Å². The van der Waals surface area contributed by atoms with Crippen LogP contribution >= 0.6 is 97.7 Å². The number of hydrogen-bond donors (Lipinski definition) is 12. The molecule has 0 radical (unpaired) electrons. The molecule has 15 rings (SSSR count). The van der Waals surface area contributed by atoms with Crippen LogP contribution in [0.1, 0.15) is 70.5 Å². The fraction of sp³-hybridized carbons (Fsp3) is 0.319. The second-order valence-corrected chi connectivity index (χ2v) is 33.7. The third kappa shape index (κ3) is 48.2. The first-order valence-electron chi connectivity index (χ1n) is 37.5. The number of carbonyl (C=O) groups excluding carboxylic acids is 3. The van der Waals surface area contributed by atoms with Crippen LogP contribution in [0.25, 0.3) is 55.2 Å². The Bertz CT molecular complexity index is 6440. The van der Waals surface area contributed by atoms with Gasteiger partial charge < -0.3 is 74.7 Å². The second kappa shape index (κ2) is 64.8. The number of nitro groups is 1. The molecule has 15 heterocycles. The van der Waals surface area contributed by atoms with Crippen molar-refractivity contribution in [3.05, 3.63) is 228 Å². The number of pyridine rings is 5. The summed E-state index contributed by atoms with van der Waals surface area (Å²) in [5, 5.41) is 27.2. The van der Waals surface area contributed by atoms with Gasteiger partial charge in [0.15, 0.2) is 27.8 Å². The Kier molecular flexibility index (Phi) is 59.0. The van der Waals surface area contributed by atoms with E-state index < -0.39 is 82.0 Å². The summed E-state index contributed by atoms with van der Waals surface area (Å²) in [6.07, 6.45) is 6.68. The van der Waals surface area contributed by atoms with Crippen LogP contribution in [0.5, 0.6) is 0 Å². The van der Waals surface area contributed by atoms with Crippen molar-refractivity contribution in [2.75, 3.05) is 94.4 Å². The number of morpholine rings is 3. The number of hydrogen-bond acceptors (Lipinski definition) is 39. The van der Waals surface area contributed by atoms with E-state index in [4.69, 9.17) is 94.1 Å². The molecular weight excluding hydrogens is 2010 g/mol. The number of nitrogens with two attached hydrogens (primary N) is 1. The normalized spacial score (nSPS) is 12.0. The summed E-state index contributed by atoms with van der Waals surface area (Å²) in [5.41, 5.74) is 7.88. The van der Waals surface area contributed by atoms with E-state index in [-0.39, 0.29) is 83.3 Å². The number of allylic oxidation sites excluding steroid dienone is 2. The fourth-order valence-electron chi connectivity index (χ4n) is 9.59. The number of aliphatic hydroxyl groups is 1. The Morgan fingerprint density at radius 3 is 1.32 bits per heavy atom. The van der Waals surface area contributed by atoms with Crippen molar-refractivity contribution in [1.29, 1.82) is 0 Å². The Hall–Kier alpha value is -9.98. The zero-order chi connectivity index (χ0) is 98.0. The van der Waals surface area contributed by atoms with Crippen LogP contribution in [0.2, 0.25) is 21.0 Å². The van der Waals surface area contributed by atoms with Crippen LogP contribution < -0.4 is 65.8 Å². The number of aromatic amines is 8. The van der Waals surface area contributed by atoms with E-state index in [1.54, 1.807) is 67.4 Å². The molecule has 3 aliphatic rings. The number of aliphatic hydroxyl groups excluding tert-OH is 1. The third-order valence-corrected chi connectivity index (χ3v) is 15.7. The van der Waals surface area contributed by atoms with Crippen molar-refractivity contribution in [3.8, 4) is 0 Å². The monoisotopic (exact) mass is 2090 g/mol. The Labute approximate surface area is 825 Å². The van der Waals surface area contributed by atoms with Gasteiger partial charge in [-0.3, -0.25) is 73.0 Å². The minimum atomic E-state index is -3.22. The number of H-pyrrole nitrogens is 8. The van der Waals surface area contributed by atoms with Crippen LogP contribution in [0.3, 0.4) is 0 Å². The van der Waals surface area contributed by atoms with E-state index in [2.05, 4.69) is 147 Å². The molecule has 0 bridgehead atoms. The molecule has 48 nitrogen and oxygen atoms in total. The van der Waals surface area contributed by atoms with Crippen LogP contribution in [0.15, 0.2) is 124 Å². The number of esters is 2. The Balaban J connectivity index is 0.000000746. The maximum absolute atomic E-state index is 11.4. The number of anilines is 3. The zero-order valence-corrected chi connectivity index (χ0v) is 83.1. The molecule has 0 amide bonds. The van der Waals surface area contributed by atoms with E-state index in [1.165, 1.54) is 69.6 Å². The first-order chi connectivity index (χ1) is 62.0. The molecule has 3 fully saturated rings. The molecule has 0 unspecified atom stereocenters. The molecule has 3 aliphatic heterocycles. The van der Waals surface area contributed by atoms with Crippen molar-refractivity contribution in [1.82, 2.24) is 100 Å². The minimum absolute atomic E-state index is 0. The van der Waals surface area contributed by atoms with Crippen LogP contribution in [0.4, 0.5) is 23.0 Å². The summed E-state index contributed by atoms with van der Waals surface area (Å²) in [5.74, 6) is -0.116. The quantitative estimate of drug-likeness (QED) is 0.00914. The number of nitrogens with zero attached hydrogens (tertiary/aromatic N) is 14. The number of aldehydes is 1. The number of halogens is 8. The van der Waals surface area contributed by atoms with Crippen LogP contribution in [0, 0.1) is 17.0 Å². The number of carboxylic acid groups (broad SMARTS) is 1. The number of fused-ring (bicyclic) bond motifs is 5. The van der Waals surface area contributed by atoms with Gasteiger partial charge in [0.2, 0.25) is 15.9 Å². The first-order valence-corrected chi connectivity index (χ1v) is 53.4. The van der Waals surface area contributed by atoms with Gasteiger partial charge in [-0.05, 0) is 156 Å². The average Bonchev–Trinajstić information content (AvgIpc) is 0.577. The predicted octanol–water partition coefficient (Wildman–Crippen LogP) is 5.58. The van der Waals surface area contributed by atoms with Gasteiger partial charge in [-0.15, -0.1) is 12.4 Å². The van der Waals surface area contributed by atoms with Crippen molar-refractivity contribution < 1.29 is 71.0 Å². The standard InChI is InChI=1S/C13H15ClN4O.C12H13ClN4O2.C10H7Cl2N3O2.C10H9N3O4.C8H7N3O2.C4H3N3O4.C4H5N3O2.C4H9NO.C4H6O.C2H4O2.CH4.Cl3OP.ClH.2Na.O2S2/c1-2-9-3-4-10-11(15-9)12(17-13(14)16-10)18-5-7-19-8-6-18;13-12-15-9-2-1-8(7-18)14-10(9)11(16-12)17-3-5-19-6-4-17;1-5(16)17-4-6-2-3-7-8(13-6)9(11)15-10(12)14-7;1-5(14)17-4-6-2-3-7-8(11-6)9(15)13-10(16)12-7;1-4-2-3-5-6(9-4)7(12)11-8(13)10-5;8-3-2(7(10)11)1-5-4(9)6-3;5-2-1-6-4(9)7-3(2)8;1-3-6-4-2-5-1;1-2-3-4-5;1-2(3)4;;1-5(2,3)4;;;;1-4(2)3/h3-4H,2,5-8H2,1H3;1-2,18H,3-7H2;2-3H,4H2,1H3;2-3H,4H2,1H3,(H2,12,13,15,16);2-3H,1H3,(H2,10,11,12,13);1H,(H2,5,6,8,9);1H,5H2,(H2,6,7,8,9);5H,1-4H2;2-4H,1H3;1H3,(H,3,4);1H4;;1H;;;/b;;;;;;;;3-2+;;;;;;;. The number of rotatable bonds is 10. The number of aryl methyl sites for hydroxylation is 2. The molecule has 0 atom stereocenters. The number of aliphatic carboxylic acids is 1. The fourth-order valence-corrected chi connectivity index (χ4v) is 10.4. The zero-order valence-electron chi connectivity index (χ0n) is 70.5. The van der Waals surface area contributed by atoms with Crippen molar-refractivity contribution in [3.63, 3.8) is 0 Å². The molecule has 61 heteroatoms. The molecule has 0 spiro atoms. The molecule has 12 aromatic heterocycles. The summed E-state index contributed by atoms with van der Waals surface area (Å²) in [6, 6.07) is 17.4. The van der Waals surface area contributed by atoms with E-state index in [0.717, 1.165) is 113 Å². The van der Waals surface area contributed by atoms with Crippen molar-refractivity contribution in [2.24, 2.45) is 0 Å². The van der Waals surface area contributed by atoms with E-state index >= 15 is 0 Å². The molecule has 710 valence electrons. The van der Waals surface area contributed by atoms with E-state index in [1.807, 2.05) is 22.1 Å². The number of aromatic nitrogens is 19. The molecule has 0 aliphatic carbocycles. The number of carboxylic acids is 1. The van der Waals surface area contributed by atoms with Gasteiger partial charge in [0, 0.05) is 77.6 Å². The number of nitrogens with one attached hydrogen (secondary N) is 9. The van der Waals surface area contributed by atoms with Crippen LogP contribution in [-0.2, 0) is 94.1 Å².